The molecule has 1 aliphatic rings. The molecule has 0 aromatic heterocycles. The van der Waals surface area contributed by atoms with Crippen LogP contribution >= 0.6 is 0 Å². The maximum atomic E-state index is 11.5. The lowest BCUT2D eigenvalue weighted by Crippen LogP contribution is -2.35. The molecule has 1 aromatic rings. The lowest BCUT2D eigenvalue weighted by molar-refractivity contribution is -0.121. The van der Waals surface area contributed by atoms with Gasteiger partial charge in [0.25, 0.3) is 5.91 Å². The summed E-state index contributed by atoms with van der Waals surface area (Å²) in [5.74, 6) is 1.01. The molecule has 2 rings (SSSR count). The van der Waals surface area contributed by atoms with E-state index in [2.05, 4.69) is 0 Å². The van der Waals surface area contributed by atoms with E-state index in [0.29, 0.717) is 29.4 Å². The molecule has 0 spiro atoms. The first kappa shape index (κ1) is 11.7. The molecule has 0 unspecified atom stereocenters. The number of carbonyl (C=O) groups excluding carboxylic acids is 1. The molecule has 0 bridgehead atoms. The van der Waals surface area contributed by atoms with E-state index < -0.39 is 0 Å². The number of ether oxygens (including phenoxy) is 2. The number of amides is 1. The molecule has 1 amide bonds. The topological polar surface area (TPSA) is 59.0 Å². The zero-order valence-electron chi connectivity index (χ0n) is 9.90. The number of aliphatic hydroxyl groups is 1. The van der Waals surface area contributed by atoms with E-state index in [1.165, 1.54) is 4.90 Å². The quantitative estimate of drug-likeness (QED) is 0.849. The van der Waals surface area contributed by atoms with Gasteiger partial charge in [0, 0.05) is 7.05 Å². The van der Waals surface area contributed by atoms with Crippen molar-refractivity contribution in [3.63, 3.8) is 0 Å². The molecule has 92 valence electrons. The van der Waals surface area contributed by atoms with Crippen molar-refractivity contribution in [1.82, 2.24) is 0 Å². The molecule has 0 radical (unpaired) electrons. The highest BCUT2D eigenvalue weighted by Crippen LogP contribution is 2.41. The molecular formula is C12H15NO4. The highest BCUT2D eigenvalue weighted by atomic mass is 16.5. The van der Waals surface area contributed by atoms with Gasteiger partial charge in [0.2, 0.25) is 0 Å². The van der Waals surface area contributed by atoms with Crippen molar-refractivity contribution >= 4 is 11.6 Å². The van der Waals surface area contributed by atoms with E-state index in [1.54, 1.807) is 19.2 Å². The Hall–Kier alpha value is -1.75. The highest BCUT2D eigenvalue weighted by molar-refractivity contribution is 5.98. The average molecular weight is 237 g/mol. The van der Waals surface area contributed by atoms with Crippen LogP contribution in [0, 0.1) is 0 Å². The number of rotatable bonds is 3. The van der Waals surface area contributed by atoms with Crippen molar-refractivity contribution in [2.75, 3.05) is 25.2 Å². The highest BCUT2D eigenvalue weighted by Gasteiger charge is 2.26. The van der Waals surface area contributed by atoms with E-state index in [4.69, 9.17) is 9.47 Å². The summed E-state index contributed by atoms with van der Waals surface area (Å²) in [5, 5.41) is 9.18. The average Bonchev–Trinajstić information content (AvgIpc) is 2.34. The zero-order valence-corrected chi connectivity index (χ0v) is 9.90. The maximum absolute atomic E-state index is 11.5. The van der Waals surface area contributed by atoms with Crippen LogP contribution in [-0.4, -0.2) is 31.3 Å². The van der Waals surface area contributed by atoms with Gasteiger partial charge in [0.05, 0.1) is 18.9 Å². The second kappa shape index (κ2) is 4.63. The molecule has 0 atom stereocenters. The Kier molecular flexibility index (Phi) is 3.19. The smallest absolute Gasteiger partial charge is 0.264 e. The number of hydrogen-bond acceptors (Lipinski definition) is 4. The van der Waals surface area contributed by atoms with Crippen LogP contribution in [0.4, 0.5) is 5.69 Å². The van der Waals surface area contributed by atoms with Gasteiger partial charge >= 0.3 is 0 Å². The third-order valence-corrected chi connectivity index (χ3v) is 2.65. The molecule has 0 aliphatic carbocycles. The van der Waals surface area contributed by atoms with E-state index in [1.807, 2.05) is 6.92 Å². The van der Waals surface area contributed by atoms with Crippen LogP contribution in [0.5, 0.6) is 11.5 Å². The van der Waals surface area contributed by atoms with Crippen LogP contribution in [0.3, 0.4) is 0 Å². The molecule has 1 aliphatic heterocycles. The molecule has 0 saturated heterocycles. The number of anilines is 1. The predicted molar refractivity (Wildman–Crippen MR) is 62.4 cm³/mol. The summed E-state index contributed by atoms with van der Waals surface area (Å²) >= 11 is 0. The molecule has 0 fully saturated rings. The summed E-state index contributed by atoms with van der Waals surface area (Å²) in [7, 11) is 1.68. The molecule has 0 saturated carbocycles. The van der Waals surface area contributed by atoms with Crippen LogP contribution < -0.4 is 14.4 Å². The van der Waals surface area contributed by atoms with Gasteiger partial charge in [0.15, 0.2) is 18.1 Å². The number of fused-ring (bicyclic) bond motifs is 1. The maximum Gasteiger partial charge on any atom is 0.264 e. The molecule has 1 heterocycles. The second-order valence-electron chi connectivity index (χ2n) is 3.77. The predicted octanol–water partition coefficient (Wildman–Crippen LogP) is 0.933. The van der Waals surface area contributed by atoms with Crippen LogP contribution in [0.1, 0.15) is 12.5 Å². The summed E-state index contributed by atoms with van der Waals surface area (Å²) < 4.78 is 10.8. The molecule has 1 N–H and O–H groups in total. The Labute approximate surface area is 99.6 Å². The van der Waals surface area contributed by atoms with Crippen molar-refractivity contribution in [2.24, 2.45) is 0 Å². The molecule has 1 aromatic carbocycles. The fourth-order valence-corrected chi connectivity index (χ4v) is 1.76. The minimum atomic E-state index is -0.116. The Morgan fingerprint density at radius 2 is 2.29 bits per heavy atom. The lowest BCUT2D eigenvalue weighted by Gasteiger charge is -2.27. The minimum absolute atomic E-state index is 0.0159. The monoisotopic (exact) mass is 237 g/mol. The number of hydrogen-bond donors (Lipinski definition) is 1. The standard InChI is InChI=1S/C12H15NO4/c1-3-16-10-5-8(6-14)4-9-12(10)17-7-11(15)13(9)2/h4-5,14H,3,6-7H2,1-2H3. The van der Waals surface area contributed by atoms with Crippen LogP contribution in [0.25, 0.3) is 0 Å². The molecule has 5 heteroatoms. The summed E-state index contributed by atoms with van der Waals surface area (Å²) in [6.45, 7) is 2.29. The molecule has 17 heavy (non-hydrogen) atoms. The number of benzene rings is 1. The van der Waals surface area contributed by atoms with Crippen LogP contribution in [0.2, 0.25) is 0 Å². The number of aliphatic hydroxyl groups excluding tert-OH is 1. The van der Waals surface area contributed by atoms with Crippen LogP contribution in [-0.2, 0) is 11.4 Å². The largest absolute Gasteiger partial charge is 0.490 e. The van der Waals surface area contributed by atoms with Crippen molar-refractivity contribution < 1.29 is 19.4 Å². The van der Waals surface area contributed by atoms with E-state index in [0.717, 1.165) is 0 Å². The van der Waals surface area contributed by atoms with Gasteiger partial charge in [-0.1, -0.05) is 0 Å². The van der Waals surface area contributed by atoms with Crippen molar-refractivity contribution in [1.29, 1.82) is 0 Å². The van der Waals surface area contributed by atoms with Gasteiger partial charge in [0.1, 0.15) is 0 Å². The fourth-order valence-electron chi connectivity index (χ4n) is 1.76. The summed E-state index contributed by atoms with van der Waals surface area (Å²) in [5.41, 5.74) is 1.33. The third-order valence-electron chi connectivity index (χ3n) is 2.65. The number of nitrogens with zero attached hydrogens (tertiary/aromatic N) is 1. The Balaban J connectivity index is 2.51. The molecule has 5 nitrogen and oxygen atoms in total. The first-order valence-electron chi connectivity index (χ1n) is 5.47. The van der Waals surface area contributed by atoms with E-state index >= 15 is 0 Å². The summed E-state index contributed by atoms with van der Waals surface area (Å²) in [6, 6.07) is 3.46. The van der Waals surface area contributed by atoms with Crippen LogP contribution in [0.15, 0.2) is 12.1 Å². The third kappa shape index (κ3) is 2.06. The minimum Gasteiger partial charge on any atom is -0.490 e. The lowest BCUT2D eigenvalue weighted by atomic mass is 10.1. The van der Waals surface area contributed by atoms with Gasteiger partial charge in [-0.25, -0.2) is 0 Å². The second-order valence-corrected chi connectivity index (χ2v) is 3.77. The van der Waals surface area contributed by atoms with Gasteiger partial charge in [-0.3, -0.25) is 4.79 Å². The van der Waals surface area contributed by atoms with Crippen molar-refractivity contribution in [3.8, 4) is 11.5 Å². The first-order valence-corrected chi connectivity index (χ1v) is 5.47. The van der Waals surface area contributed by atoms with E-state index in [9.17, 15) is 9.90 Å². The summed E-state index contributed by atoms with van der Waals surface area (Å²) in [4.78, 5) is 13.0. The van der Waals surface area contributed by atoms with Gasteiger partial charge in [-0.05, 0) is 24.6 Å². The fraction of sp³-hybridized carbons (Fsp3) is 0.417. The Morgan fingerprint density at radius 3 is 2.94 bits per heavy atom. The Bertz CT molecular complexity index is 444. The number of carbonyl (C=O) groups is 1. The SMILES string of the molecule is CCOc1cc(CO)cc2c1OCC(=O)N2C. The van der Waals surface area contributed by atoms with Gasteiger partial charge in [-0.15, -0.1) is 0 Å². The first-order chi connectivity index (χ1) is 8.17. The molecular weight excluding hydrogens is 222 g/mol. The van der Waals surface area contributed by atoms with E-state index in [-0.39, 0.29) is 19.1 Å². The normalized spacial score (nSPS) is 14.3. The zero-order chi connectivity index (χ0) is 12.4. The number of likely N-dealkylation sites (N-methyl/N-ethyl adjacent to an activating group) is 1. The van der Waals surface area contributed by atoms with Gasteiger partial charge in [-0.2, -0.15) is 0 Å². The van der Waals surface area contributed by atoms with Crippen molar-refractivity contribution in [2.45, 2.75) is 13.5 Å². The summed E-state index contributed by atoms with van der Waals surface area (Å²) in [6.07, 6.45) is 0. The van der Waals surface area contributed by atoms with Gasteiger partial charge < -0.3 is 19.5 Å². The van der Waals surface area contributed by atoms with Crippen molar-refractivity contribution in [3.05, 3.63) is 17.7 Å². The Morgan fingerprint density at radius 1 is 1.53 bits per heavy atom.